The molecule has 1 aliphatic carbocycles. The Bertz CT molecular complexity index is 1340. The molecular formula is C34H58O7SSi. The first-order valence-electron chi connectivity index (χ1n) is 16.9. The highest BCUT2D eigenvalue weighted by atomic mass is 32.2. The molecule has 2 rings (SSSR count). The molecule has 43 heavy (non-hydrogen) atoms. The first-order chi connectivity index (χ1) is 20.6. The van der Waals surface area contributed by atoms with Gasteiger partial charge in [-0.3, -0.25) is 9.59 Å². The van der Waals surface area contributed by atoms with E-state index in [-0.39, 0.29) is 42.0 Å². The second-order valence-electron chi connectivity index (χ2n) is 15.8. The number of ether oxygens (including phenoxy) is 2. The van der Waals surface area contributed by atoms with Gasteiger partial charge in [-0.2, -0.15) is 0 Å². The van der Waals surface area contributed by atoms with Gasteiger partial charge in [0.05, 0.1) is 29.4 Å². The van der Waals surface area contributed by atoms with Crippen molar-refractivity contribution >= 4 is 30.1 Å². The lowest BCUT2D eigenvalue weighted by Gasteiger charge is -2.36. The SMILES string of the molecule is [2H]C([2H])([2H])C(CCCC(C)(C)CS(=O)(=O)CCO[Si](C)(C)C(C)(C)C)(C(=O)OC(C)(C)C)c1cccc(CC2(C(=O)OC)CC2)c1. The van der Waals surface area contributed by atoms with E-state index in [4.69, 9.17) is 18.0 Å². The number of esters is 2. The van der Waals surface area contributed by atoms with Crippen LogP contribution in [0.3, 0.4) is 0 Å². The number of carbonyl (C=O) groups is 2. The average molecular weight is 642 g/mol. The molecule has 1 saturated carbocycles. The third-order valence-electron chi connectivity index (χ3n) is 8.86. The minimum atomic E-state index is -3.46. The maximum atomic E-state index is 14.0. The Kier molecular flexibility index (Phi) is 10.1. The lowest BCUT2D eigenvalue weighted by atomic mass is 9.75. The van der Waals surface area contributed by atoms with Gasteiger partial charge in [-0.05, 0) is 94.4 Å². The van der Waals surface area contributed by atoms with Gasteiger partial charge in [0.2, 0.25) is 0 Å². The van der Waals surface area contributed by atoms with Gasteiger partial charge in [-0.1, -0.05) is 65.3 Å². The van der Waals surface area contributed by atoms with E-state index in [0.717, 1.165) is 5.56 Å². The van der Waals surface area contributed by atoms with Crippen LogP contribution >= 0.6 is 0 Å². The summed E-state index contributed by atoms with van der Waals surface area (Å²) in [5, 5.41) is -0.0282. The second-order valence-corrected chi connectivity index (χ2v) is 22.8. The van der Waals surface area contributed by atoms with Crippen LogP contribution < -0.4 is 0 Å². The van der Waals surface area contributed by atoms with Gasteiger partial charge < -0.3 is 13.9 Å². The number of rotatable bonds is 15. The van der Waals surface area contributed by atoms with Crippen molar-refractivity contribution in [1.29, 1.82) is 0 Å². The Morgan fingerprint density at radius 2 is 1.65 bits per heavy atom. The van der Waals surface area contributed by atoms with Gasteiger partial charge in [0.1, 0.15) is 5.60 Å². The maximum Gasteiger partial charge on any atom is 0.316 e. The van der Waals surface area contributed by atoms with Crippen molar-refractivity contribution in [2.75, 3.05) is 25.2 Å². The topological polar surface area (TPSA) is 96.0 Å². The van der Waals surface area contributed by atoms with Gasteiger partial charge in [0.25, 0.3) is 0 Å². The summed E-state index contributed by atoms with van der Waals surface area (Å²) in [5.74, 6) is -1.31. The molecule has 1 unspecified atom stereocenters. The van der Waals surface area contributed by atoms with Crippen molar-refractivity contribution in [2.24, 2.45) is 10.8 Å². The average Bonchev–Trinajstić information content (AvgIpc) is 3.63. The highest BCUT2D eigenvalue weighted by molar-refractivity contribution is 7.91. The molecule has 1 aromatic carbocycles. The first kappa shape index (κ1) is 32.7. The molecule has 0 aromatic heterocycles. The van der Waals surface area contributed by atoms with Crippen LogP contribution in [-0.2, 0) is 45.2 Å². The van der Waals surface area contributed by atoms with Gasteiger partial charge in [0, 0.05) is 10.7 Å². The Morgan fingerprint density at radius 3 is 2.16 bits per heavy atom. The molecule has 0 aliphatic heterocycles. The standard InChI is InChI=1S/C34H58O7SSi/c1-30(2,3)41-28(35)33(9,27-16-13-15-26(23-27)24-34(19-20-34)29(36)39-10)18-14-17-32(7,8)25-42(37,38)22-21-40-43(11,12)31(4,5)6/h13,15-16,23H,14,17-22,24-25H2,1-12H3/i9D3. The third-order valence-corrected chi connectivity index (χ3v) is 15.4. The van der Waals surface area contributed by atoms with Gasteiger partial charge in [-0.15, -0.1) is 0 Å². The molecule has 1 aromatic rings. The summed E-state index contributed by atoms with van der Waals surface area (Å²) < 4.78 is 69.2. The third kappa shape index (κ3) is 10.7. The van der Waals surface area contributed by atoms with E-state index < -0.39 is 52.8 Å². The lowest BCUT2D eigenvalue weighted by Crippen LogP contribution is -2.42. The lowest BCUT2D eigenvalue weighted by molar-refractivity contribution is -0.162. The highest BCUT2D eigenvalue weighted by Gasteiger charge is 2.51. The molecular weight excluding hydrogens is 581 g/mol. The van der Waals surface area contributed by atoms with E-state index in [1.165, 1.54) is 7.11 Å². The Morgan fingerprint density at radius 1 is 1.02 bits per heavy atom. The summed E-state index contributed by atoms with van der Waals surface area (Å²) >= 11 is 0. The summed E-state index contributed by atoms with van der Waals surface area (Å²) in [6, 6.07) is 6.88. The Labute approximate surface area is 267 Å². The van der Waals surface area contributed by atoms with Gasteiger partial charge >= 0.3 is 11.9 Å². The molecule has 0 amide bonds. The number of benzene rings is 1. The zero-order valence-electron chi connectivity index (χ0n) is 31.4. The van der Waals surface area contributed by atoms with Crippen LogP contribution in [0.25, 0.3) is 0 Å². The van der Waals surface area contributed by atoms with E-state index in [1.807, 2.05) is 19.9 Å². The summed E-state index contributed by atoms with van der Waals surface area (Å²) in [5.41, 5.74) is -3.20. The molecule has 0 N–H and O–H groups in total. The van der Waals surface area contributed by atoms with E-state index in [1.54, 1.807) is 39.0 Å². The monoisotopic (exact) mass is 641 g/mol. The fourth-order valence-electron chi connectivity index (χ4n) is 5.10. The number of methoxy groups -OCH3 is 1. The predicted molar refractivity (Wildman–Crippen MR) is 176 cm³/mol. The van der Waals surface area contributed by atoms with Crippen LogP contribution in [0.5, 0.6) is 0 Å². The molecule has 0 saturated heterocycles. The molecule has 246 valence electrons. The summed E-state index contributed by atoms with van der Waals surface area (Å²) in [6.45, 7) is 16.7. The van der Waals surface area contributed by atoms with Crippen molar-refractivity contribution < 1.29 is 36.0 Å². The quantitative estimate of drug-likeness (QED) is 0.145. The molecule has 0 bridgehead atoms. The van der Waals surface area contributed by atoms with Crippen LogP contribution in [0.2, 0.25) is 18.1 Å². The zero-order valence-corrected chi connectivity index (χ0v) is 30.3. The fraction of sp³-hybridized carbons (Fsp3) is 0.765. The summed E-state index contributed by atoms with van der Waals surface area (Å²) in [6.07, 6.45) is 2.32. The van der Waals surface area contributed by atoms with E-state index in [0.29, 0.717) is 31.2 Å². The minimum Gasteiger partial charge on any atom is -0.469 e. The molecule has 1 fully saturated rings. The van der Waals surface area contributed by atoms with E-state index in [9.17, 15) is 18.0 Å². The Hall–Kier alpha value is -1.71. The number of hydrogen-bond donors (Lipinski definition) is 0. The molecule has 0 heterocycles. The van der Waals surface area contributed by atoms with Crippen LogP contribution in [0.15, 0.2) is 24.3 Å². The zero-order chi connectivity index (χ0) is 35.6. The summed E-state index contributed by atoms with van der Waals surface area (Å²) in [7, 11) is -4.20. The number of carbonyl (C=O) groups excluding carboxylic acids is 2. The first-order valence-corrected chi connectivity index (χ1v) is 20.1. The van der Waals surface area contributed by atoms with E-state index >= 15 is 0 Å². The fourth-order valence-corrected chi connectivity index (χ4v) is 8.11. The van der Waals surface area contributed by atoms with Gasteiger partial charge in [-0.25, -0.2) is 8.42 Å². The molecule has 0 radical (unpaired) electrons. The van der Waals surface area contributed by atoms with E-state index in [2.05, 4.69) is 33.9 Å². The molecule has 7 nitrogen and oxygen atoms in total. The maximum absolute atomic E-state index is 14.0. The normalized spacial score (nSPS) is 18.5. The van der Waals surface area contributed by atoms with Crippen molar-refractivity contribution in [3.63, 3.8) is 0 Å². The van der Waals surface area contributed by atoms with Gasteiger partial charge in [0.15, 0.2) is 18.2 Å². The number of sulfone groups is 1. The van der Waals surface area contributed by atoms with Crippen LogP contribution in [0, 0.1) is 10.8 Å². The molecule has 0 spiro atoms. The number of hydrogen-bond acceptors (Lipinski definition) is 7. The van der Waals surface area contributed by atoms with Crippen molar-refractivity contribution in [2.45, 2.75) is 130 Å². The van der Waals surface area contributed by atoms with Crippen molar-refractivity contribution in [3.05, 3.63) is 35.4 Å². The van der Waals surface area contributed by atoms with Crippen molar-refractivity contribution in [1.82, 2.24) is 0 Å². The Balaban J connectivity index is 2.34. The molecule has 1 aliphatic rings. The van der Waals surface area contributed by atoms with Crippen molar-refractivity contribution in [3.8, 4) is 0 Å². The van der Waals surface area contributed by atoms with Crippen LogP contribution in [0.4, 0.5) is 0 Å². The largest absolute Gasteiger partial charge is 0.469 e. The second kappa shape index (κ2) is 13.3. The highest BCUT2D eigenvalue weighted by Crippen LogP contribution is 2.49. The summed E-state index contributed by atoms with van der Waals surface area (Å²) in [4.78, 5) is 26.4. The molecule has 1 atom stereocenters. The smallest absolute Gasteiger partial charge is 0.316 e. The predicted octanol–water partition coefficient (Wildman–Crippen LogP) is 7.41. The minimum absolute atomic E-state index is 0.0282. The molecule has 9 heteroatoms. The van der Waals surface area contributed by atoms with Crippen LogP contribution in [0.1, 0.15) is 110 Å². The van der Waals surface area contributed by atoms with Crippen LogP contribution in [-0.4, -0.2) is 59.5 Å².